The molecule has 0 aliphatic rings. The Labute approximate surface area is 111 Å². The minimum Gasteiger partial charge on any atom is -0.345 e. The smallest absolute Gasteiger partial charge is 0.272 e. The maximum absolute atomic E-state index is 13.4. The van der Waals surface area contributed by atoms with Gasteiger partial charge in [-0.25, -0.2) is 8.78 Å². The number of anilines is 1. The second-order valence-corrected chi connectivity index (χ2v) is 4.65. The molecule has 1 amide bonds. The molecule has 0 saturated carbocycles. The quantitative estimate of drug-likeness (QED) is 0.906. The van der Waals surface area contributed by atoms with E-state index in [-0.39, 0.29) is 5.69 Å². The van der Waals surface area contributed by atoms with Crippen molar-refractivity contribution in [2.45, 2.75) is 0 Å². The maximum atomic E-state index is 13.4. The second-order valence-electron chi connectivity index (χ2n) is 3.73. The van der Waals surface area contributed by atoms with Crippen molar-refractivity contribution in [2.75, 3.05) is 5.32 Å². The van der Waals surface area contributed by atoms with Crippen LogP contribution in [0, 0.1) is 11.6 Å². The van der Waals surface area contributed by atoms with E-state index in [1.165, 1.54) is 6.07 Å². The molecule has 0 saturated heterocycles. The molecule has 0 atom stereocenters. The van der Waals surface area contributed by atoms with Crippen LogP contribution in [0.1, 0.15) is 10.5 Å². The van der Waals surface area contributed by atoms with Crippen molar-refractivity contribution in [3.05, 3.63) is 52.3 Å². The summed E-state index contributed by atoms with van der Waals surface area (Å²) in [6.45, 7) is 0. The fourth-order valence-electron chi connectivity index (χ4n) is 1.53. The van der Waals surface area contributed by atoms with Crippen molar-refractivity contribution >= 4 is 27.5 Å². The van der Waals surface area contributed by atoms with Gasteiger partial charge in [-0.15, -0.1) is 0 Å². The Morgan fingerprint density at radius 2 is 2.06 bits per heavy atom. The van der Waals surface area contributed by atoms with E-state index >= 15 is 0 Å². The third-order valence-electron chi connectivity index (χ3n) is 2.38. The molecule has 1 aromatic carbocycles. The van der Waals surface area contributed by atoms with Crippen LogP contribution in [0.25, 0.3) is 0 Å². The van der Waals surface area contributed by atoms with Gasteiger partial charge in [-0.3, -0.25) is 4.79 Å². The second kappa shape index (κ2) is 4.89. The van der Waals surface area contributed by atoms with Crippen LogP contribution in [0.3, 0.4) is 0 Å². The SMILES string of the molecule is Cn1cc(Br)cc1C(=O)Nc1ccc(F)cc1F. The molecule has 18 heavy (non-hydrogen) atoms. The number of aryl methyl sites for hydroxylation is 1. The van der Waals surface area contributed by atoms with Crippen LogP contribution in [0.15, 0.2) is 34.9 Å². The summed E-state index contributed by atoms with van der Waals surface area (Å²) in [7, 11) is 1.70. The van der Waals surface area contributed by atoms with Crippen LogP contribution in [0.5, 0.6) is 0 Å². The molecule has 1 heterocycles. The summed E-state index contributed by atoms with van der Waals surface area (Å²) in [6.07, 6.45) is 1.70. The summed E-state index contributed by atoms with van der Waals surface area (Å²) in [4.78, 5) is 11.9. The van der Waals surface area contributed by atoms with Crippen molar-refractivity contribution in [3.63, 3.8) is 0 Å². The Morgan fingerprint density at radius 1 is 1.33 bits per heavy atom. The number of nitrogens with zero attached hydrogens (tertiary/aromatic N) is 1. The largest absolute Gasteiger partial charge is 0.345 e. The highest BCUT2D eigenvalue weighted by Gasteiger charge is 2.13. The first kappa shape index (κ1) is 12.8. The first-order chi connectivity index (χ1) is 8.47. The molecule has 0 unspecified atom stereocenters. The molecule has 94 valence electrons. The maximum Gasteiger partial charge on any atom is 0.272 e. The minimum atomic E-state index is -0.809. The molecule has 0 bridgehead atoms. The van der Waals surface area contributed by atoms with E-state index < -0.39 is 17.5 Å². The van der Waals surface area contributed by atoms with Gasteiger partial charge in [0.15, 0.2) is 0 Å². The number of hydrogen-bond donors (Lipinski definition) is 1. The summed E-state index contributed by atoms with van der Waals surface area (Å²) < 4.78 is 28.4. The fourth-order valence-corrected chi connectivity index (χ4v) is 2.05. The average Bonchev–Trinajstić information content (AvgIpc) is 2.62. The number of carbonyl (C=O) groups is 1. The number of hydrogen-bond acceptors (Lipinski definition) is 1. The molecular formula is C12H9BrF2N2O. The monoisotopic (exact) mass is 314 g/mol. The summed E-state index contributed by atoms with van der Waals surface area (Å²) in [5.74, 6) is -1.96. The fraction of sp³-hybridized carbons (Fsp3) is 0.0833. The van der Waals surface area contributed by atoms with Crippen LogP contribution in [0.2, 0.25) is 0 Å². The lowest BCUT2D eigenvalue weighted by Gasteiger charge is -2.06. The van der Waals surface area contributed by atoms with Gasteiger partial charge in [0.1, 0.15) is 17.3 Å². The number of rotatable bonds is 2. The van der Waals surface area contributed by atoms with Gasteiger partial charge in [0.05, 0.1) is 5.69 Å². The lowest BCUT2D eigenvalue weighted by Crippen LogP contribution is -2.16. The van der Waals surface area contributed by atoms with Gasteiger partial charge >= 0.3 is 0 Å². The number of aromatic nitrogens is 1. The van der Waals surface area contributed by atoms with E-state index in [2.05, 4.69) is 21.2 Å². The molecule has 0 aliphatic carbocycles. The molecule has 0 fully saturated rings. The molecule has 1 aromatic heterocycles. The Balaban J connectivity index is 2.24. The average molecular weight is 315 g/mol. The highest BCUT2D eigenvalue weighted by molar-refractivity contribution is 9.10. The molecule has 0 radical (unpaired) electrons. The first-order valence-electron chi connectivity index (χ1n) is 5.05. The van der Waals surface area contributed by atoms with E-state index in [1.807, 2.05) is 0 Å². The summed E-state index contributed by atoms with van der Waals surface area (Å²) in [5.41, 5.74) is 0.310. The van der Waals surface area contributed by atoms with Crippen molar-refractivity contribution in [1.29, 1.82) is 0 Å². The number of amides is 1. The van der Waals surface area contributed by atoms with E-state index in [9.17, 15) is 13.6 Å². The Kier molecular flexibility index (Phi) is 3.47. The van der Waals surface area contributed by atoms with Gasteiger partial charge in [0.25, 0.3) is 5.91 Å². The molecular weight excluding hydrogens is 306 g/mol. The van der Waals surface area contributed by atoms with Crippen LogP contribution in [-0.2, 0) is 7.05 Å². The highest BCUT2D eigenvalue weighted by Crippen LogP contribution is 2.18. The number of nitrogens with one attached hydrogen (secondary N) is 1. The van der Waals surface area contributed by atoms with Crippen LogP contribution in [0.4, 0.5) is 14.5 Å². The van der Waals surface area contributed by atoms with Crippen molar-refractivity contribution in [2.24, 2.45) is 7.05 Å². The standard InChI is InChI=1S/C12H9BrF2N2O/c1-17-6-7(13)4-11(17)12(18)16-10-3-2-8(14)5-9(10)15/h2-6H,1H3,(H,16,18). The van der Waals surface area contributed by atoms with Gasteiger partial charge < -0.3 is 9.88 Å². The van der Waals surface area contributed by atoms with E-state index in [4.69, 9.17) is 0 Å². The van der Waals surface area contributed by atoms with Crippen molar-refractivity contribution in [3.8, 4) is 0 Å². The number of halogens is 3. The molecule has 3 nitrogen and oxygen atoms in total. The zero-order valence-electron chi connectivity index (χ0n) is 9.38. The van der Waals surface area contributed by atoms with E-state index in [0.29, 0.717) is 5.69 Å². The molecule has 1 N–H and O–H groups in total. The van der Waals surface area contributed by atoms with E-state index in [0.717, 1.165) is 16.6 Å². The van der Waals surface area contributed by atoms with E-state index in [1.54, 1.807) is 23.9 Å². The summed E-state index contributed by atoms with van der Waals surface area (Å²) in [5, 5.41) is 2.39. The van der Waals surface area contributed by atoms with Crippen LogP contribution in [-0.4, -0.2) is 10.5 Å². The number of carbonyl (C=O) groups excluding carboxylic acids is 1. The predicted octanol–water partition coefficient (Wildman–Crippen LogP) is 3.32. The van der Waals surface area contributed by atoms with Crippen LogP contribution < -0.4 is 5.32 Å². The lowest BCUT2D eigenvalue weighted by molar-refractivity contribution is 0.101. The van der Waals surface area contributed by atoms with Gasteiger partial charge in [0.2, 0.25) is 0 Å². The minimum absolute atomic E-state index is 0.0567. The third-order valence-corrected chi connectivity index (χ3v) is 2.82. The zero-order chi connectivity index (χ0) is 13.3. The topological polar surface area (TPSA) is 34.0 Å². The normalized spacial score (nSPS) is 10.4. The molecule has 0 aliphatic heterocycles. The van der Waals surface area contributed by atoms with Gasteiger partial charge in [0, 0.05) is 23.8 Å². The van der Waals surface area contributed by atoms with Crippen molar-refractivity contribution in [1.82, 2.24) is 4.57 Å². The lowest BCUT2D eigenvalue weighted by atomic mass is 10.3. The summed E-state index contributed by atoms with van der Waals surface area (Å²) in [6, 6.07) is 4.59. The summed E-state index contributed by atoms with van der Waals surface area (Å²) >= 11 is 3.24. The molecule has 0 spiro atoms. The molecule has 6 heteroatoms. The first-order valence-corrected chi connectivity index (χ1v) is 5.85. The molecule has 2 aromatic rings. The highest BCUT2D eigenvalue weighted by atomic mass is 79.9. The van der Waals surface area contributed by atoms with Gasteiger partial charge in [-0.05, 0) is 34.1 Å². The van der Waals surface area contributed by atoms with Gasteiger partial charge in [-0.1, -0.05) is 0 Å². The zero-order valence-corrected chi connectivity index (χ0v) is 11.0. The predicted molar refractivity (Wildman–Crippen MR) is 67.4 cm³/mol. The Bertz CT molecular complexity index is 610. The number of benzene rings is 1. The van der Waals surface area contributed by atoms with Crippen LogP contribution >= 0.6 is 15.9 Å². The third kappa shape index (κ3) is 2.59. The van der Waals surface area contributed by atoms with Crippen molar-refractivity contribution < 1.29 is 13.6 Å². The van der Waals surface area contributed by atoms with Gasteiger partial charge in [-0.2, -0.15) is 0 Å². The molecule has 2 rings (SSSR count). The Morgan fingerprint density at radius 3 is 2.61 bits per heavy atom. The Hall–Kier alpha value is -1.69.